The Morgan fingerprint density at radius 1 is 1.16 bits per heavy atom. The first-order valence-electron chi connectivity index (χ1n) is 7.68. The predicted octanol–water partition coefficient (Wildman–Crippen LogP) is 2.73. The van der Waals surface area contributed by atoms with Crippen molar-refractivity contribution in [2.24, 2.45) is 29.4 Å². The predicted molar refractivity (Wildman–Crippen MR) is 81.3 cm³/mol. The number of carbonyl (C=O) groups is 1. The van der Waals surface area contributed by atoms with Crippen molar-refractivity contribution in [1.29, 1.82) is 0 Å². The lowest BCUT2D eigenvalue weighted by atomic mass is 9.83. The Hall–Kier alpha value is -0.280. The summed E-state index contributed by atoms with van der Waals surface area (Å²) >= 11 is 0. The fourth-order valence-electron chi connectivity index (χ4n) is 3.57. The lowest BCUT2D eigenvalue weighted by molar-refractivity contribution is -0.126. The highest BCUT2D eigenvalue weighted by atomic mass is 35.5. The number of halogens is 1. The van der Waals surface area contributed by atoms with Gasteiger partial charge < -0.3 is 11.1 Å². The van der Waals surface area contributed by atoms with Crippen molar-refractivity contribution in [3.05, 3.63) is 0 Å². The van der Waals surface area contributed by atoms with Gasteiger partial charge in [-0.2, -0.15) is 0 Å². The molecule has 2 fully saturated rings. The SMILES string of the molecule is CC1CCC(CNC(=O)[C@@H]2CCC[C@@H]2CN)CC1.Cl. The maximum atomic E-state index is 12.2. The molecule has 1 amide bonds. The topological polar surface area (TPSA) is 55.1 Å². The van der Waals surface area contributed by atoms with Crippen LogP contribution >= 0.6 is 12.4 Å². The zero-order valence-corrected chi connectivity index (χ0v) is 12.9. The quantitative estimate of drug-likeness (QED) is 0.836. The maximum Gasteiger partial charge on any atom is 0.223 e. The number of hydrogen-bond acceptors (Lipinski definition) is 2. The largest absolute Gasteiger partial charge is 0.356 e. The van der Waals surface area contributed by atoms with Gasteiger partial charge in [0.15, 0.2) is 0 Å². The normalized spacial score (nSPS) is 34.6. The van der Waals surface area contributed by atoms with E-state index in [4.69, 9.17) is 5.73 Å². The van der Waals surface area contributed by atoms with E-state index in [1.807, 2.05) is 0 Å². The van der Waals surface area contributed by atoms with Gasteiger partial charge in [-0.3, -0.25) is 4.79 Å². The number of hydrogen-bond donors (Lipinski definition) is 2. The second-order valence-electron chi connectivity index (χ2n) is 6.40. The van der Waals surface area contributed by atoms with Crippen LogP contribution in [0, 0.1) is 23.7 Å². The molecule has 2 saturated carbocycles. The fourth-order valence-corrected chi connectivity index (χ4v) is 3.57. The van der Waals surface area contributed by atoms with Crippen LogP contribution in [-0.2, 0) is 4.79 Å². The van der Waals surface area contributed by atoms with Crippen molar-refractivity contribution in [2.75, 3.05) is 13.1 Å². The molecule has 2 aliphatic rings. The Kier molecular flexibility index (Phi) is 7.16. The van der Waals surface area contributed by atoms with Crippen molar-refractivity contribution >= 4 is 18.3 Å². The highest BCUT2D eigenvalue weighted by molar-refractivity contribution is 5.85. The minimum absolute atomic E-state index is 0. The van der Waals surface area contributed by atoms with Gasteiger partial charge in [-0.15, -0.1) is 12.4 Å². The van der Waals surface area contributed by atoms with Gasteiger partial charge in [0.25, 0.3) is 0 Å². The molecule has 112 valence electrons. The van der Waals surface area contributed by atoms with Gasteiger partial charge in [-0.25, -0.2) is 0 Å². The summed E-state index contributed by atoms with van der Waals surface area (Å²) in [6.07, 6.45) is 8.56. The van der Waals surface area contributed by atoms with E-state index in [1.54, 1.807) is 0 Å². The molecule has 2 rings (SSSR count). The van der Waals surface area contributed by atoms with Crippen LogP contribution in [0.4, 0.5) is 0 Å². The third-order valence-electron chi connectivity index (χ3n) is 5.00. The van der Waals surface area contributed by atoms with Crippen LogP contribution in [0.2, 0.25) is 0 Å². The molecule has 3 nitrogen and oxygen atoms in total. The van der Waals surface area contributed by atoms with E-state index >= 15 is 0 Å². The van der Waals surface area contributed by atoms with Crippen molar-refractivity contribution in [3.8, 4) is 0 Å². The van der Waals surface area contributed by atoms with E-state index in [-0.39, 0.29) is 24.2 Å². The number of amides is 1. The highest BCUT2D eigenvalue weighted by Gasteiger charge is 2.32. The van der Waals surface area contributed by atoms with Gasteiger partial charge in [0.05, 0.1) is 0 Å². The molecule has 3 N–H and O–H groups in total. The van der Waals surface area contributed by atoms with Crippen LogP contribution in [0.3, 0.4) is 0 Å². The van der Waals surface area contributed by atoms with E-state index in [0.717, 1.165) is 25.3 Å². The summed E-state index contributed by atoms with van der Waals surface area (Å²) in [6.45, 7) is 3.89. The number of carbonyl (C=O) groups excluding carboxylic acids is 1. The Balaban J connectivity index is 0.00000180. The summed E-state index contributed by atoms with van der Waals surface area (Å²) in [5.74, 6) is 2.48. The third kappa shape index (κ3) is 4.64. The molecule has 2 aliphatic carbocycles. The number of nitrogens with one attached hydrogen (secondary N) is 1. The lowest BCUT2D eigenvalue weighted by Gasteiger charge is -2.27. The molecule has 0 aromatic rings. The molecule has 0 aliphatic heterocycles. The molecule has 2 atom stereocenters. The summed E-state index contributed by atoms with van der Waals surface area (Å²) in [5, 5.41) is 3.18. The molecule has 0 aromatic heterocycles. The average molecular weight is 289 g/mol. The molecule has 19 heavy (non-hydrogen) atoms. The van der Waals surface area contributed by atoms with Crippen LogP contribution in [-0.4, -0.2) is 19.0 Å². The second kappa shape index (κ2) is 8.11. The molecule has 0 bridgehead atoms. The Morgan fingerprint density at radius 3 is 2.47 bits per heavy atom. The number of nitrogens with two attached hydrogens (primary N) is 1. The average Bonchev–Trinajstić information content (AvgIpc) is 2.86. The summed E-state index contributed by atoms with van der Waals surface area (Å²) in [5.41, 5.74) is 5.74. The van der Waals surface area contributed by atoms with E-state index in [9.17, 15) is 4.79 Å². The Labute approximate surface area is 123 Å². The molecule has 0 radical (unpaired) electrons. The zero-order chi connectivity index (χ0) is 13.0. The van der Waals surface area contributed by atoms with Crippen LogP contribution < -0.4 is 11.1 Å². The fraction of sp³-hybridized carbons (Fsp3) is 0.933. The molecular weight excluding hydrogens is 260 g/mol. The molecule has 0 aromatic carbocycles. The molecule has 0 saturated heterocycles. The second-order valence-corrected chi connectivity index (χ2v) is 6.40. The van der Waals surface area contributed by atoms with Gasteiger partial charge in [0.2, 0.25) is 5.91 Å². The van der Waals surface area contributed by atoms with Gasteiger partial charge >= 0.3 is 0 Å². The van der Waals surface area contributed by atoms with E-state index < -0.39 is 0 Å². The van der Waals surface area contributed by atoms with Crippen molar-refractivity contribution < 1.29 is 4.79 Å². The Bertz CT molecular complexity index is 277. The first-order chi connectivity index (χ1) is 8.70. The first kappa shape index (κ1) is 16.8. The minimum atomic E-state index is 0. The van der Waals surface area contributed by atoms with E-state index in [1.165, 1.54) is 32.1 Å². The van der Waals surface area contributed by atoms with Gasteiger partial charge in [0.1, 0.15) is 0 Å². The standard InChI is InChI=1S/C15H28N2O.ClH/c1-11-5-7-12(8-6-11)10-17-15(18)14-4-2-3-13(14)9-16;/h11-14H,2-10,16H2,1H3,(H,17,18);1H/t11?,12?,13-,14-;/m1./s1. The zero-order valence-electron chi connectivity index (χ0n) is 12.1. The lowest BCUT2D eigenvalue weighted by Crippen LogP contribution is -2.38. The monoisotopic (exact) mass is 288 g/mol. The van der Waals surface area contributed by atoms with Crippen LogP contribution in [0.1, 0.15) is 51.9 Å². The minimum Gasteiger partial charge on any atom is -0.356 e. The molecular formula is C15H29ClN2O. The summed E-state index contributed by atoms with van der Waals surface area (Å²) in [7, 11) is 0. The molecule has 0 heterocycles. The van der Waals surface area contributed by atoms with E-state index in [0.29, 0.717) is 18.4 Å². The highest BCUT2D eigenvalue weighted by Crippen LogP contribution is 2.31. The third-order valence-corrected chi connectivity index (χ3v) is 5.00. The summed E-state index contributed by atoms with van der Waals surface area (Å²) in [6, 6.07) is 0. The van der Waals surface area contributed by atoms with Gasteiger partial charge in [0, 0.05) is 12.5 Å². The summed E-state index contributed by atoms with van der Waals surface area (Å²) < 4.78 is 0. The van der Waals surface area contributed by atoms with Crippen LogP contribution in [0.15, 0.2) is 0 Å². The van der Waals surface area contributed by atoms with E-state index in [2.05, 4.69) is 12.2 Å². The first-order valence-corrected chi connectivity index (χ1v) is 7.68. The van der Waals surface area contributed by atoms with Gasteiger partial charge in [-0.1, -0.05) is 26.2 Å². The number of rotatable bonds is 4. The van der Waals surface area contributed by atoms with Crippen LogP contribution in [0.25, 0.3) is 0 Å². The molecule has 0 unspecified atom stereocenters. The Morgan fingerprint density at radius 2 is 1.84 bits per heavy atom. The van der Waals surface area contributed by atoms with Crippen molar-refractivity contribution in [1.82, 2.24) is 5.32 Å². The van der Waals surface area contributed by atoms with Crippen molar-refractivity contribution in [3.63, 3.8) is 0 Å². The molecule has 0 spiro atoms. The van der Waals surface area contributed by atoms with Gasteiger partial charge in [-0.05, 0) is 50.0 Å². The van der Waals surface area contributed by atoms with Crippen molar-refractivity contribution in [2.45, 2.75) is 51.9 Å². The maximum absolute atomic E-state index is 12.2. The molecule has 4 heteroatoms. The van der Waals surface area contributed by atoms with Crippen LogP contribution in [0.5, 0.6) is 0 Å². The smallest absolute Gasteiger partial charge is 0.223 e. The summed E-state index contributed by atoms with van der Waals surface area (Å²) in [4.78, 5) is 12.2.